The standard InChI is InChI=1S/C23H29ClN2O2/c1-2-20-9-10-21(28-20)16-26-13-3-4-17(15-26)14-25-22(27)23(11-12-23)18-5-7-19(24)8-6-18/h5-10,17H,2-4,11-16H2,1H3,(H,25,27). The molecule has 28 heavy (non-hydrogen) atoms. The van der Waals surface area contributed by atoms with E-state index in [9.17, 15) is 4.79 Å². The van der Waals surface area contributed by atoms with Gasteiger partial charge in [0.1, 0.15) is 11.5 Å². The van der Waals surface area contributed by atoms with Crippen molar-refractivity contribution in [1.29, 1.82) is 0 Å². The minimum Gasteiger partial charge on any atom is -0.465 e. The highest BCUT2D eigenvalue weighted by Crippen LogP contribution is 2.48. The largest absolute Gasteiger partial charge is 0.465 e. The van der Waals surface area contributed by atoms with Gasteiger partial charge in [0.15, 0.2) is 0 Å². The number of piperidine rings is 1. The zero-order chi connectivity index (χ0) is 19.6. The number of halogens is 1. The van der Waals surface area contributed by atoms with E-state index < -0.39 is 0 Å². The van der Waals surface area contributed by atoms with Gasteiger partial charge in [-0.1, -0.05) is 30.7 Å². The number of benzene rings is 1. The maximum atomic E-state index is 12.9. The Balaban J connectivity index is 1.29. The minimum absolute atomic E-state index is 0.172. The number of likely N-dealkylation sites (tertiary alicyclic amines) is 1. The zero-order valence-corrected chi connectivity index (χ0v) is 17.3. The van der Waals surface area contributed by atoms with Crippen LogP contribution in [0.15, 0.2) is 40.8 Å². The van der Waals surface area contributed by atoms with Gasteiger partial charge in [-0.15, -0.1) is 0 Å². The summed E-state index contributed by atoms with van der Waals surface area (Å²) in [5.41, 5.74) is 0.758. The quantitative estimate of drug-likeness (QED) is 0.741. The van der Waals surface area contributed by atoms with Gasteiger partial charge >= 0.3 is 0 Å². The van der Waals surface area contributed by atoms with E-state index in [4.69, 9.17) is 16.0 Å². The third-order valence-corrected chi connectivity index (χ3v) is 6.43. The average Bonchev–Trinajstić information content (AvgIpc) is 3.40. The molecule has 4 rings (SSSR count). The molecule has 0 bridgehead atoms. The number of hydrogen-bond acceptors (Lipinski definition) is 3. The van der Waals surface area contributed by atoms with Crippen molar-refractivity contribution in [3.63, 3.8) is 0 Å². The first-order valence-electron chi connectivity index (χ1n) is 10.4. The highest BCUT2D eigenvalue weighted by Gasteiger charge is 2.51. The van der Waals surface area contributed by atoms with Gasteiger partial charge in [0, 0.05) is 24.5 Å². The maximum Gasteiger partial charge on any atom is 0.230 e. The van der Waals surface area contributed by atoms with E-state index in [2.05, 4.69) is 29.3 Å². The zero-order valence-electron chi connectivity index (χ0n) is 16.5. The Morgan fingerprint density at radius 2 is 1.96 bits per heavy atom. The van der Waals surface area contributed by atoms with Gasteiger partial charge in [0.2, 0.25) is 5.91 Å². The number of furan rings is 1. The second kappa shape index (κ2) is 8.30. The fraction of sp³-hybridized carbons (Fsp3) is 0.522. The van der Waals surface area contributed by atoms with E-state index in [-0.39, 0.29) is 11.3 Å². The van der Waals surface area contributed by atoms with Crippen LogP contribution >= 0.6 is 11.6 Å². The van der Waals surface area contributed by atoms with Crippen LogP contribution < -0.4 is 5.32 Å². The van der Waals surface area contributed by atoms with Crippen LogP contribution in [-0.4, -0.2) is 30.4 Å². The molecule has 1 aromatic carbocycles. The highest BCUT2D eigenvalue weighted by molar-refractivity contribution is 6.30. The van der Waals surface area contributed by atoms with Crippen LogP contribution in [-0.2, 0) is 23.2 Å². The van der Waals surface area contributed by atoms with Gasteiger partial charge in [-0.3, -0.25) is 9.69 Å². The van der Waals surface area contributed by atoms with Crippen LogP contribution in [0.3, 0.4) is 0 Å². The van der Waals surface area contributed by atoms with Gasteiger partial charge in [0.25, 0.3) is 0 Å². The molecule has 1 amide bonds. The molecule has 0 spiro atoms. The number of carbonyl (C=O) groups is 1. The SMILES string of the molecule is CCc1ccc(CN2CCCC(CNC(=O)C3(c4ccc(Cl)cc4)CC3)C2)o1. The first kappa shape index (κ1) is 19.5. The van der Waals surface area contributed by atoms with Gasteiger partial charge in [-0.2, -0.15) is 0 Å². The highest BCUT2D eigenvalue weighted by atomic mass is 35.5. The molecule has 2 fully saturated rings. The molecule has 1 unspecified atom stereocenters. The van der Waals surface area contributed by atoms with E-state index >= 15 is 0 Å². The summed E-state index contributed by atoms with van der Waals surface area (Å²) < 4.78 is 5.86. The summed E-state index contributed by atoms with van der Waals surface area (Å²) in [5.74, 6) is 2.76. The van der Waals surface area contributed by atoms with Crippen molar-refractivity contribution in [2.24, 2.45) is 5.92 Å². The summed E-state index contributed by atoms with van der Waals surface area (Å²) >= 11 is 5.99. The summed E-state index contributed by atoms with van der Waals surface area (Å²) in [6.07, 6.45) is 5.13. The molecule has 2 aliphatic rings. The van der Waals surface area contributed by atoms with Gasteiger partial charge in [0.05, 0.1) is 12.0 Å². The van der Waals surface area contributed by atoms with Crippen LogP contribution in [0.2, 0.25) is 5.02 Å². The number of rotatable bonds is 7. The van der Waals surface area contributed by atoms with Crippen molar-refractivity contribution in [2.75, 3.05) is 19.6 Å². The molecule has 1 aromatic heterocycles. The Bertz CT molecular complexity index is 810. The number of hydrogen-bond donors (Lipinski definition) is 1. The second-order valence-electron chi connectivity index (χ2n) is 8.26. The van der Waals surface area contributed by atoms with E-state index in [1.165, 1.54) is 12.8 Å². The predicted octanol–water partition coefficient (Wildman–Crippen LogP) is 4.56. The molecule has 1 aliphatic heterocycles. The third kappa shape index (κ3) is 4.28. The summed E-state index contributed by atoms with van der Waals surface area (Å²) in [7, 11) is 0. The molecular formula is C23H29ClN2O2. The van der Waals surface area contributed by atoms with Crippen LogP contribution in [0, 0.1) is 5.92 Å². The second-order valence-corrected chi connectivity index (χ2v) is 8.70. The maximum absolute atomic E-state index is 12.9. The van der Waals surface area contributed by atoms with Gasteiger partial charge in [-0.05, 0) is 68.0 Å². The summed E-state index contributed by atoms with van der Waals surface area (Å²) in [6, 6.07) is 11.9. The molecule has 2 heterocycles. The lowest BCUT2D eigenvalue weighted by Crippen LogP contribution is -2.43. The normalized spacial score (nSPS) is 21.4. The van der Waals surface area contributed by atoms with Gasteiger partial charge < -0.3 is 9.73 Å². The molecule has 0 radical (unpaired) electrons. The van der Waals surface area contributed by atoms with E-state index in [1.54, 1.807) is 0 Å². The smallest absolute Gasteiger partial charge is 0.230 e. The first-order chi connectivity index (χ1) is 13.6. The summed E-state index contributed by atoms with van der Waals surface area (Å²) in [6.45, 7) is 5.83. The molecule has 1 aliphatic carbocycles. The monoisotopic (exact) mass is 400 g/mol. The lowest BCUT2D eigenvalue weighted by molar-refractivity contribution is -0.123. The Morgan fingerprint density at radius 1 is 1.21 bits per heavy atom. The van der Waals surface area contributed by atoms with E-state index in [0.29, 0.717) is 10.9 Å². The predicted molar refractivity (Wildman–Crippen MR) is 111 cm³/mol. The number of amides is 1. The lowest BCUT2D eigenvalue weighted by Gasteiger charge is -2.32. The van der Waals surface area contributed by atoms with Crippen molar-refractivity contribution in [3.8, 4) is 0 Å². The number of nitrogens with zero attached hydrogens (tertiary/aromatic N) is 1. The Morgan fingerprint density at radius 3 is 2.64 bits per heavy atom. The molecule has 1 saturated heterocycles. The number of aryl methyl sites for hydroxylation is 1. The average molecular weight is 401 g/mol. The van der Waals surface area contributed by atoms with Gasteiger partial charge in [-0.25, -0.2) is 0 Å². The fourth-order valence-electron chi connectivity index (χ4n) is 4.33. The first-order valence-corrected chi connectivity index (χ1v) is 10.8. The Kier molecular flexibility index (Phi) is 5.79. The van der Waals surface area contributed by atoms with Crippen molar-refractivity contribution in [1.82, 2.24) is 10.2 Å². The lowest BCUT2D eigenvalue weighted by atomic mass is 9.93. The van der Waals surface area contributed by atoms with Crippen LogP contribution in [0.5, 0.6) is 0 Å². The third-order valence-electron chi connectivity index (χ3n) is 6.18. The molecular weight excluding hydrogens is 372 g/mol. The van der Waals surface area contributed by atoms with Crippen LogP contribution in [0.1, 0.15) is 49.7 Å². The van der Waals surface area contributed by atoms with Crippen molar-refractivity contribution in [3.05, 3.63) is 58.5 Å². The minimum atomic E-state index is -0.330. The van der Waals surface area contributed by atoms with Crippen LogP contribution in [0.25, 0.3) is 0 Å². The molecule has 1 N–H and O–H groups in total. The molecule has 5 heteroatoms. The van der Waals surface area contributed by atoms with Crippen molar-refractivity contribution in [2.45, 2.75) is 51.0 Å². The number of carbonyl (C=O) groups excluding carboxylic acids is 1. The van der Waals surface area contributed by atoms with Crippen LogP contribution in [0.4, 0.5) is 0 Å². The molecule has 2 aromatic rings. The summed E-state index contributed by atoms with van der Waals surface area (Å²) in [4.78, 5) is 15.3. The fourth-order valence-corrected chi connectivity index (χ4v) is 4.45. The molecule has 1 atom stereocenters. The van der Waals surface area contributed by atoms with E-state index in [1.807, 2.05) is 24.3 Å². The molecule has 1 saturated carbocycles. The number of nitrogens with one attached hydrogen (secondary N) is 1. The summed E-state index contributed by atoms with van der Waals surface area (Å²) in [5, 5.41) is 3.96. The van der Waals surface area contributed by atoms with Crippen molar-refractivity contribution >= 4 is 17.5 Å². The van der Waals surface area contributed by atoms with Crippen molar-refractivity contribution < 1.29 is 9.21 Å². The Labute approximate surface area is 172 Å². The molecule has 150 valence electrons. The van der Waals surface area contributed by atoms with E-state index in [0.717, 1.165) is 62.5 Å². The Hall–Kier alpha value is -1.78. The molecule has 4 nitrogen and oxygen atoms in total. The topological polar surface area (TPSA) is 45.5 Å².